The van der Waals surface area contributed by atoms with Crippen molar-refractivity contribution < 1.29 is 14.4 Å². The first-order valence-electron chi connectivity index (χ1n) is 7.04. The van der Waals surface area contributed by atoms with Crippen molar-refractivity contribution in [1.29, 1.82) is 0 Å². The second-order valence-electron chi connectivity index (χ2n) is 5.02. The number of benzene rings is 1. The average Bonchev–Trinajstić information content (AvgIpc) is 3.29. The number of rotatable bonds is 6. The third-order valence-electron chi connectivity index (χ3n) is 3.11. The molecule has 0 atom stereocenters. The Morgan fingerprint density at radius 1 is 1.00 bits per heavy atom. The maximum Gasteiger partial charge on any atom is 0.309 e. The van der Waals surface area contributed by atoms with E-state index < -0.39 is 11.8 Å². The number of amides is 3. The van der Waals surface area contributed by atoms with E-state index in [1.165, 1.54) is 0 Å². The maximum absolute atomic E-state index is 11.5. The molecule has 2 rings (SSSR count). The van der Waals surface area contributed by atoms with Crippen molar-refractivity contribution in [2.24, 2.45) is 0 Å². The molecule has 1 aromatic carbocycles. The highest BCUT2D eigenvalue weighted by molar-refractivity contribution is 6.35. The van der Waals surface area contributed by atoms with Crippen molar-refractivity contribution in [1.82, 2.24) is 16.0 Å². The summed E-state index contributed by atoms with van der Waals surface area (Å²) in [6, 6.07) is 9.91. The van der Waals surface area contributed by atoms with Crippen molar-refractivity contribution in [3.8, 4) is 0 Å². The molecule has 21 heavy (non-hydrogen) atoms. The number of nitrogens with one attached hydrogen (secondary N) is 3. The molecule has 0 spiro atoms. The van der Waals surface area contributed by atoms with Crippen molar-refractivity contribution in [3.63, 3.8) is 0 Å². The van der Waals surface area contributed by atoms with Crippen LogP contribution in [0.4, 0.5) is 0 Å². The van der Waals surface area contributed by atoms with Crippen molar-refractivity contribution >= 4 is 17.7 Å². The fourth-order valence-corrected chi connectivity index (χ4v) is 1.77. The van der Waals surface area contributed by atoms with Crippen LogP contribution in [0.3, 0.4) is 0 Å². The molecule has 0 saturated heterocycles. The minimum Gasteiger partial charge on any atom is -0.354 e. The summed E-state index contributed by atoms with van der Waals surface area (Å²) in [5, 5.41) is 7.55. The van der Waals surface area contributed by atoms with Gasteiger partial charge < -0.3 is 16.0 Å². The molecule has 1 fully saturated rings. The first-order chi connectivity index (χ1) is 10.1. The summed E-state index contributed by atoms with van der Waals surface area (Å²) in [6.07, 6.45) is 2.56. The van der Waals surface area contributed by atoms with Gasteiger partial charge >= 0.3 is 11.8 Å². The Balaban J connectivity index is 1.58. The summed E-state index contributed by atoms with van der Waals surface area (Å²) in [6.45, 7) is 0.304. The molecule has 1 aromatic rings. The Hall–Kier alpha value is -2.37. The zero-order chi connectivity index (χ0) is 15.1. The standard InChI is InChI=1S/C15H19N3O3/c19-13(16-9-8-11-4-2-1-3-5-11)10-17-14(20)15(21)18-12-6-7-12/h1-5,12H,6-10H2,(H,16,19)(H,17,20)(H,18,21). The molecule has 0 bridgehead atoms. The summed E-state index contributed by atoms with van der Waals surface area (Å²) >= 11 is 0. The molecule has 112 valence electrons. The molecular weight excluding hydrogens is 270 g/mol. The zero-order valence-corrected chi connectivity index (χ0v) is 11.7. The quantitative estimate of drug-likeness (QED) is 0.631. The van der Waals surface area contributed by atoms with Crippen LogP contribution < -0.4 is 16.0 Å². The maximum atomic E-state index is 11.5. The topological polar surface area (TPSA) is 87.3 Å². The predicted molar refractivity (Wildman–Crippen MR) is 77.3 cm³/mol. The van der Waals surface area contributed by atoms with Crippen molar-refractivity contribution in [2.75, 3.05) is 13.1 Å². The number of hydrogen-bond donors (Lipinski definition) is 3. The van der Waals surface area contributed by atoms with Gasteiger partial charge in [0.1, 0.15) is 0 Å². The van der Waals surface area contributed by atoms with Crippen LogP contribution >= 0.6 is 0 Å². The second kappa shape index (κ2) is 7.42. The van der Waals surface area contributed by atoms with Crippen LogP contribution in [0.2, 0.25) is 0 Å². The third-order valence-corrected chi connectivity index (χ3v) is 3.11. The monoisotopic (exact) mass is 289 g/mol. The lowest BCUT2D eigenvalue weighted by Gasteiger charge is -2.07. The van der Waals surface area contributed by atoms with E-state index in [4.69, 9.17) is 0 Å². The Morgan fingerprint density at radius 3 is 2.38 bits per heavy atom. The van der Waals surface area contributed by atoms with Crippen LogP contribution in [0.1, 0.15) is 18.4 Å². The van der Waals surface area contributed by atoms with E-state index >= 15 is 0 Å². The predicted octanol–water partition coefficient (Wildman–Crippen LogP) is -0.260. The summed E-state index contributed by atoms with van der Waals surface area (Å²) in [4.78, 5) is 34.3. The molecular formula is C15H19N3O3. The lowest BCUT2D eigenvalue weighted by molar-refractivity contribution is -0.139. The van der Waals surface area contributed by atoms with E-state index in [1.807, 2.05) is 30.3 Å². The second-order valence-corrected chi connectivity index (χ2v) is 5.02. The van der Waals surface area contributed by atoms with Crippen LogP contribution in [0, 0.1) is 0 Å². The molecule has 6 nitrogen and oxygen atoms in total. The highest BCUT2D eigenvalue weighted by Crippen LogP contribution is 2.18. The molecule has 3 amide bonds. The van der Waals surface area contributed by atoms with Gasteiger partial charge in [-0.3, -0.25) is 14.4 Å². The summed E-state index contributed by atoms with van der Waals surface area (Å²) in [7, 11) is 0. The van der Waals surface area contributed by atoms with E-state index in [9.17, 15) is 14.4 Å². The third kappa shape index (κ3) is 5.64. The van der Waals surface area contributed by atoms with Crippen LogP contribution in [0.15, 0.2) is 30.3 Å². The van der Waals surface area contributed by atoms with Gasteiger partial charge in [-0.1, -0.05) is 30.3 Å². The van der Waals surface area contributed by atoms with Crippen LogP contribution in [-0.4, -0.2) is 36.9 Å². The lowest BCUT2D eigenvalue weighted by Crippen LogP contribution is -2.45. The van der Waals surface area contributed by atoms with E-state index in [1.54, 1.807) is 0 Å². The molecule has 0 unspecified atom stereocenters. The average molecular weight is 289 g/mol. The SMILES string of the molecule is O=C(CNC(=O)C(=O)NC1CC1)NCCc1ccccc1. The zero-order valence-electron chi connectivity index (χ0n) is 11.7. The Kier molecular flexibility index (Phi) is 5.31. The van der Waals surface area contributed by atoms with Crippen molar-refractivity contribution in [2.45, 2.75) is 25.3 Å². The van der Waals surface area contributed by atoms with E-state index in [0.29, 0.717) is 6.54 Å². The lowest BCUT2D eigenvalue weighted by atomic mass is 10.1. The molecule has 0 radical (unpaired) electrons. The minimum absolute atomic E-state index is 0.128. The highest BCUT2D eigenvalue weighted by atomic mass is 16.2. The largest absolute Gasteiger partial charge is 0.354 e. The summed E-state index contributed by atoms with van der Waals surface area (Å²) in [5.41, 5.74) is 1.13. The Labute approximate surface area is 123 Å². The van der Waals surface area contributed by atoms with Gasteiger partial charge in [0.25, 0.3) is 0 Å². The minimum atomic E-state index is -0.764. The Bertz CT molecular complexity index is 512. The molecule has 0 aromatic heterocycles. The number of carbonyl (C=O) groups is 3. The molecule has 1 saturated carbocycles. The van der Waals surface area contributed by atoms with E-state index in [0.717, 1.165) is 24.8 Å². The Morgan fingerprint density at radius 2 is 1.71 bits per heavy atom. The molecule has 0 aliphatic heterocycles. The summed E-state index contributed by atoms with van der Waals surface area (Å²) in [5.74, 6) is -1.74. The van der Waals surface area contributed by atoms with Gasteiger partial charge in [0.2, 0.25) is 5.91 Å². The van der Waals surface area contributed by atoms with Gasteiger partial charge in [0, 0.05) is 12.6 Å². The molecule has 0 heterocycles. The van der Waals surface area contributed by atoms with Crippen molar-refractivity contribution in [3.05, 3.63) is 35.9 Å². The van der Waals surface area contributed by atoms with Crippen LogP contribution in [-0.2, 0) is 20.8 Å². The number of carbonyl (C=O) groups excluding carboxylic acids is 3. The highest BCUT2D eigenvalue weighted by Gasteiger charge is 2.26. The van der Waals surface area contributed by atoms with Gasteiger partial charge in [-0.2, -0.15) is 0 Å². The first kappa shape index (κ1) is 15.0. The normalized spacial score (nSPS) is 13.3. The van der Waals surface area contributed by atoms with Gasteiger partial charge in [-0.05, 0) is 24.8 Å². The first-order valence-corrected chi connectivity index (χ1v) is 7.04. The molecule has 3 N–H and O–H groups in total. The number of hydrogen-bond acceptors (Lipinski definition) is 3. The van der Waals surface area contributed by atoms with Gasteiger partial charge in [-0.15, -0.1) is 0 Å². The van der Waals surface area contributed by atoms with Gasteiger partial charge in [0.05, 0.1) is 6.54 Å². The fraction of sp³-hybridized carbons (Fsp3) is 0.400. The van der Waals surface area contributed by atoms with Gasteiger partial charge in [0.15, 0.2) is 0 Å². The summed E-state index contributed by atoms with van der Waals surface area (Å²) < 4.78 is 0. The van der Waals surface area contributed by atoms with Crippen LogP contribution in [0.25, 0.3) is 0 Å². The molecule has 1 aliphatic rings. The van der Waals surface area contributed by atoms with E-state index in [2.05, 4.69) is 16.0 Å². The smallest absolute Gasteiger partial charge is 0.309 e. The fourth-order valence-electron chi connectivity index (χ4n) is 1.77. The van der Waals surface area contributed by atoms with Crippen LogP contribution in [0.5, 0.6) is 0 Å². The molecule has 1 aliphatic carbocycles. The molecule has 6 heteroatoms. The van der Waals surface area contributed by atoms with Gasteiger partial charge in [-0.25, -0.2) is 0 Å². The van der Waals surface area contributed by atoms with E-state index in [-0.39, 0.29) is 18.5 Å².